The van der Waals surface area contributed by atoms with Crippen molar-refractivity contribution < 1.29 is 4.79 Å². The maximum Gasteiger partial charge on any atom is 0.223 e. The third-order valence-electron chi connectivity index (χ3n) is 5.62. The molecule has 2 aliphatic heterocycles. The number of likely N-dealkylation sites (tertiary alicyclic amines) is 2. The maximum atomic E-state index is 12.3. The first-order valence-electron chi connectivity index (χ1n) is 8.56. The lowest BCUT2D eigenvalue weighted by Crippen LogP contribution is -2.62. The third kappa shape index (κ3) is 2.48. The van der Waals surface area contributed by atoms with Crippen LogP contribution in [0.15, 0.2) is 5.51 Å². The molecule has 3 heterocycles. The van der Waals surface area contributed by atoms with Crippen LogP contribution in [-0.4, -0.2) is 45.4 Å². The van der Waals surface area contributed by atoms with Crippen LogP contribution < -0.4 is 0 Å². The van der Waals surface area contributed by atoms with Gasteiger partial charge in [0.15, 0.2) is 0 Å². The minimum atomic E-state index is 0.0808. The summed E-state index contributed by atoms with van der Waals surface area (Å²) < 4.78 is 0. The molecule has 2 fully saturated rings. The molecule has 0 bridgehead atoms. The van der Waals surface area contributed by atoms with Crippen molar-refractivity contribution in [2.24, 2.45) is 0 Å². The quantitative estimate of drug-likeness (QED) is 0.854. The zero-order chi connectivity index (χ0) is 15.7. The number of amides is 1. The lowest BCUT2D eigenvalue weighted by atomic mass is 9.77. The molecule has 0 N–H and O–H groups in total. The topological polar surface area (TPSA) is 36.4 Å². The second-order valence-corrected chi connectivity index (χ2v) is 7.54. The van der Waals surface area contributed by atoms with Gasteiger partial charge in [-0.2, -0.15) is 0 Å². The smallest absolute Gasteiger partial charge is 0.223 e. The summed E-state index contributed by atoms with van der Waals surface area (Å²) in [6.07, 6.45) is 5.25. The number of carbonyl (C=O) groups is 1. The van der Waals surface area contributed by atoms with Crippen LogP contribution in [0.1, 0.15) is 56.5 Å². The molecule has 1 aromatic rings. The summed E-state index contributed by atoms with van der Waals surface area (Å²) in [6, 6.07) is 0.481. The minimum Gasteiger partial charge on any atom is -0.336 e. The molecule has 0 unspecified atom stereocenters. The Morgan fingerprint density at radius 3 is 2.86 bits per heavy atom. The molecule has 3 rings (SSSR count). The highest BCUT2D eigenvalue weighted by atomic mass is 32.1. The van der Waals surface area contributed by atoms with Crippen LogP contribution in [-0.2, 0) is 11.3 Å². The molecule has 1 amide bonds. The van der Waals surface area contributed by atoms with Gasteiger partial charge in [0, 0.05) is 30.4 Å². The molecule has 0 aliphatic carbocycles. The molecule has 122 valence electrons. The van der Waals surface area contributed by atoms with E-state index in [4.69, 9.17) is 0 Å². The number of nitrogens with zero attached hydrogens (tertiary/aromatic N) is 3. The van der Waals surface area contributed by atoms with E-state index in [-0.39, 0.29) is 5.54 Å². The van der Waals surface area contributed by atoms with Crippen LogP contribution in [0.4, 0.5) is 0 Å². The first-order chi connectivity index (χ1) is 10.6. The Bertz CT molecular complexity index is 544. The second-order valence-electron chi connectivity index (χ2n) is 6.60. The van der Waals surface area contributed by atoms with Crippen LogP contribution in [0.2, 0.25) is 0 Å². The van der Waals surface area contributed by atoms with E-state index in [1.165, 1.54) is 17.7 Å². The van der Waals surface area contributed by atoms with Crippen molar-refractivity contribution in [1.29, 1.82) is 0 Å². The Labute approximate surface area is 137 Å². The Kier molecular flexibility index (Phi) is 4.55. The zero-order valence-corrected chi connectivity index (χ0v) is 14.8. The molecular formula is C17H27N3OS. The van der Waals surface area contributed by atoms with Gasteiger partial charge >= 0.3 is 0 Å². The molecule has 5 heteroatoms. The molecule has 2 aliphatic rings. The van der Waals surface area contributed by atoms with Crippen molar-refractivity contribution in [1.82, 2.24) is 14.8 Å². The van der Waals surface area contributed by atoms with Crippen molar-refractivity contribution in [3.05, 3.63) is 16.1 Å². The van der Waals surface area contributed by atoms with Gasteiger partial charge in [-0.1, -0.05) is 6.92 Å². The van der Waals surface area contributed by atoms with Gasteiger partial charge in [0.2, 0.25) is 5.91 Å². The van der Waals surface area contributed by atoms with Gasteiger partial charge in [0.1, 0.15) is 0 Å². The number of piperidine rings is 1. The Morgan fingerprint density at radius 2 is 2.23 bits per heavy atom. The predicted octanol–water partition coefficient (Wildman–Crippen LogP) is 3.21. The Morgan fingerprint density at radius 1 is 1.41 bits per heavy atom. The fourth-order valence-electron chi connectivity index (χ4n) is 4.68. The number of aryl methyl sites for hydroxylation is 1. The fourth-order valence-corrected chi connectivity index (χ4v) is 5.48. The minimum absolute atomic E-state index is 0.0808. The zero-order valence-electron chi connectivity index (χ0n) is 14.0. The van der Waals surface area contributed by atoms with Crippen molar-refractivity contribution >= 4 is 17.2 Å². The summed E-state index contributed by atoms with van der Waals surface area (Å²) in [5, 5.41) is 0. The van der Waals surface area contributed by atoms with E-state index >= 15 is 0 Å². The van der Waals surface area contributed by atoms with Gasteiger partial charge in [0.25, 0.3) is 0 Å². The predicted molar refractivity (Wildman–Crippen MR) is 89.9 cm³/mol. The molecule has 0 aromatic carbocycles. The number of likely N-dealkylation sites (N-methyl/N-ethyl adjacent to an activating group) is 1. The van der Waals surface area contributed by atoms with E-state index in [9.17, 15) is 4.79 Å². The van der Waals surface area contributed by atoms with E-state index in [0.717, 1.165) is 44.6 Å². The molecule has 0 radical (unpaired) electrons. The molecular weight excluding hydrogens is 294 g/mol. The summed E-state index contributed by atoms with van der Waals surface area (Å²) >= 11 is 1.76. The highest BCUT2D eigenvalue weighted by Gasteiger charge is 2.52. The molecule has 1 spiro atoms. The van der Waals surface area contributed by atoms with E-state index in [2.05, 4.69) is 35.6 Å². The van der Waals surface area contributed by atoms with Gasteiger partial charge in [-0.3, -0.25) is 9.69 Å². The van der Waals surface area contributed by atoms with Crippen LogP contribution in [0.5, 0.6) is 0 Å². The van der Waals surface area contributed by atoms with E-state index in [1.807, 2.05) is 5.51 Å². The molecule has 0 saturated carbocycles. The van der Waals surface area contributed by atoms with E-state index in [1.54, 1.807) is 11.3 Å². The molecule has 2 saturated heterocycles. The number of hydrogen-bond donors (Lipinski definition) is 0. The van der Waals surface area contributed by atoms with E-state index < -0.39 is 0 Å². The lowest BCUT2D eigenvalue weighted by Gasteiger charge is -2.52. The van der Waals surface area contributed by atoms with Gasteiger partial charge < -0.3 is 4.90 Å². The summed E-state index contributed by atoms with van der Waals surface area (Å²) in [5.41, 5.74) is 3.19. The Hall–Kier alpha value is -0.940. The van der Waals surface area contributed by atoms with Crippen molar-refractivity contribution in [2.45, 2.75) is 71.0 Å². The van der Waals surface area contributed by atoms with Gasteiger partial charge in [-0.05, 0) is 46.1 Å². The van der Waals surface area contributed by atoms with Crippen LogP contribution in [0.25, 0.3) is 0 Å². The van der Waals surface area contributed by atoms with Crippen LogP contribution in [0.3, 0.4) is 0 Å². The number of carbonyl (C=O) groups excluding carboxylic acids is 1. The largest absolute Gasteiger partial charge is 0.336 e. The molecule has 1 aromatic heterocycles. The first-order valence-corrected chi connectivity index (χ1v) is 9.43. The normalized spacial score (nSPS) is 29.7. The van der Waals surface area contributed by atoms with Crippen LogP contribution >= 0.6 is 11.3 Å². The van der Waals surface area contributed by atoms with E-state index in [0.29, 0.717) is 11.9 Å². The van der Waals surface area contributed by atoms with Crippen LogP contribution in [0, 0.1) is 6.92 Å². The SMILES string of the molecule is CC[C@H]1N(Cc2scnc2C)CCC[C@@]12CCC(=O)N2CC. The maximum absolute atomic E-state index is 12.3. The summed E-state index contributed by atoms with van der Waals surface area (Å²) in [4.78, 5) is 22.9. The second kappa shape index (κ2) is 6.28. The number of rotatable bonds is 4. The number of thiazole rings is 1. The average molecular weight is 321 g/mol. The summed E-state index contributed by atoms with van der Waals surface area (Å²) in [6.45, 7) is 9.49. The Balaban J connectivity index is 1.86. The molecule has 22 heavy (non-hydrogen) atoms. The van der Waals surface area contributed by atoms with Gasteiger partial charge in [-0.25, -0.2) is 4.98 Å². The fraction of sp³-hybridized carbons (Fsp3) is 0.765. The van der Waals surface area contributed by atoms with Gasteiger partial charge in [0.05, 0.1) is 16.7 Å². The number of aromatic nitrogens is 1. The average Bonchev–Trinajstić information content (AvgIpc) is 3.04. The number of hydrogen-bond acceptors (Lipinski definition) is 4. The first kappa shape index (κ1) is 15.9. The van der Waals surface area contributed by atoms with Crippen molar-refractivity contribution in [2.75, 3.05) is 13.1 Å². The summed E-state index contributed by atoms with van der Waals surface area (Å²) in [5.74, 6) is 0.358. The monoisotopic (exact) mass is 321 g/mol. The van der Waals surface area contributed by atoms with Crippen molar-refractivity contribution in [3.8, 4) is 0 Å². The summed E-state index contributed by atoms with van der Waals surface area (Å²) in [7, 11) is 0. The molecule has 4 nitrogen and oxygen atoms in total. The van der Waals surface area contributed by atoms with Crippen molar-refractivity contribution in [3.63, 3.8) is 0 Å². The standard InChI is InChI=1S/C17H27N3OS/c1-4-15-17(9-7-16(21)20(17)5-2)8-6-10-19(15)11-14-13(3)18-12-22-14/h12,15H,4-11H2,1-3H3/t15-,17-/m1/s1. The van der Waals surface area contributed by atoms with Gasteiger partial charge in [-0.15, -0.1) is 11.3 Å². The molecule has 2 atom stereocenters. The highest BCUT2D eigenvalue weighted by molar-refractivity contribution is 7.09. The third-order valence-corrected chi connectivity index (χ3v) is 6.54. The highest BCUT2D eigenvalue weighted by Crippen LogP contribution is 2.43. The lowest BCUT2D eigenvalue weighted by molar-refractivity contribution is -0.135.